The number of imidazole rings is 1. The standard InChI is InChI=1S/C28H34N6O4/c1-3-20-18-22(6-9-24(20)28(36)31-13-17-38-16-12-29-11-15-35)33-26-27-32-19-25(34(27)14-10-30-26)21-4-7-23(37-2)8-5-21/h4-10,14,18-19,29,35H,3,11-13,15-17H2,1-2H3,(H,30,33)(H,31,36). The van der Waals surface area contributed by atoms with Gasteiger partial charge in [0.2, 0.25) is 0 Å². The summed E-state index contributed by atoms with van der Waals surface area (Å²) >= 11 is 0. The van der Waals surface area contributed by atoms with Crippen LogP contribution in [0.25, 0.3) is 16.9 Å². The fourth-order valence-corrected chi connectivity index (χ4v) is 4.09. The number of aliphatic hydroxyl groups is 1. The van der Waals surface area contributed by atoms with E-state index in [1.807, 2.05) is 66.2 Å². The molecular weight excluding hydrogens is 484 g/mol. The Balaban J connectivity index is 1.41. The molecule has 2 aromatic carbocycles. The Morgan fingerprint density at radius 1 is 1.05 bits per heavy atom. The number of hydrogen-bond acceptors (Lipinski definition) is 8. The van der Waals surface area contributed by atoms with Gasteiger partial charge in [0.05, 0.1) is 38.8 Å². The van der Waals surface area contributed by atoms with E-state index in [0.29, 0.717) is 56.3 Å². The molecule has 4 aromatic rings. The molecule has 0 aliphatic heterocycles. The van der Waals surface area contributed by atoms with Crippen LogP contribution in [0.4, 0.5) is 11.5 Å². The number of fused-ring (bicyclic) bond motifs is 1. The lowest BCUT2D eigenvalue weighted by Crippen LogP contribution is -2.29. The second-order valence-corrected chi connectivity index (χ2v) is 8.53. The average molecular weight is 519 g/mol. The number of nitrogens with one attached hydrogen (secondary N) is 3. The van der Waals surface area contributed by atoms with Gasteiger partial charge in [0.15, 0.2) is 11.5 Å². The van der Waals surface area contributed by atoms with Crippen molar-refractivity contribution in [2.45, 2.75) is 13.3 Å². The lowest BCUT2D eigenvalue weighted by Gasteiger charge is -2.13. The van der Waals surface area contributed by atoms with Crippen LogP contribution in [0.1, 0.15) is 22.8 Å². The third kappa shape index (κ3) is 6.65. The van der Waals surface area contributed by atoms with Crippen LogP contribution in [0.2, 0.25) is 0 Å². The van der Waals surface area contributed by atoms with Crippen LogP contribution in [0.3, 0.4) is 0 Å². The van der Waals surface area contributed by atoms with Gasteiger partial charge in [-0.05, 0) is 54.4 Å². The summed E-state index contributed by atoms with van der Waals surface area (Å²) in [6.07, 6.45) is 6.14. The highest BCUT2D eigenvalue weighted by Gasteiger charge is 2.14. The molecule has 0 aliphatic rings. The Morgan fingerprint density at radius 3 is 2.63 bits per heavy atom. The number of aliphatic hydroxyl groups excluding tert-OH is 1. The van der Waals surface area contributed by atoms with Gasteiger partial charge in [-0.25, -0.2) is 9.97 Å². The SMILES string of the molecule is CCc1cc(Nc2nccn3c(-c4ccc(OC)cc4)cnc23)ccc1C(=O)NCCOCCNCCO. The summed E-state index contributed by atoms with van der Waals surface area (Å²) in [4.78, 5) is 21.9. The summed E-state index contributed by atoms with van der Waals surface area (Å²) < 4.78 is 12.7. The van der Waals surface area contributed by atoms with Gasteiger partial charge in [-0.3, -0.25) is 9.20 Å². The molecule has 0 fully saturated rings. The van der Waals surface area contributed by atoms with E-state index in [4.69, 9.17) is 14.6 Å². The van der Waals surface area contributed by atoms with Gasteiger partial charge in [0, 0.05) is 48.8 Å². The van der Waals surface area contributed by atoms with Gasteiger partial charge in [-0.1, -0.05) is 6.92 Å². The molecule has 0 saturated heterocycles. The summed E-state index contributed by atoms with van der Waals surface area (Å²) in [5.74, 6) is 1.29. The van der Waals surface area contributed by atoms with Gasteiger partial charge >= 0.3 is 0 Å². The predicted octanol–water partition coefficient (Wildman–Crippen LogP) is 3.04. The monoisotopic (exact) mass is 518 g/mol. The number of carbonyl (C=O) groups is 1. The number of anilines is 2. The van der Waals surface area contributed by atoms with Crippen molar-refractivity contribution < 1.29 is 19.4 Å². The quantitative estimate of drug-likeness (QED) is 0.188. The van der Waals surface area contributed by atoms with E-state index < -0.39 is 0 Å². The number of methoxy groups -OCH3 is 1. The first-order valence-electron chi connectivity index (χ1n) is 12.7. The van der Waals surface area contributed by atoms with Crippen molar-refractivity contribution in [2.24, 2.45) is 0 Å². The maximum absolute atomic E-state index is 12.8. The van der Waals surface area contributed by atoms with Crippen LogP contribution in [0.5, 0.6) is 5.75 Å². The summed E-state index contributed by atoms with van der Waals surface area (Å²) in [5, 5.41) is 18.1. The molecule has 200 valence electrons. The largest absolute Gasteiger partial charge is 0.497 e. The van der Waals surface area contributed by atoms with Crippen molar-refractivity contribution in [1.82, 2.24) is 25.0 Å². The first-order chi connectivity index (χ1) is 18.6. The minimum absolute atomic E-state index is 0.102. The second kappa shape index (κ2) is 13.5. The number of nitrogens with zero attached hydrogens (tertiary/aromatic N) is 3. The molecule has 0 aliphatic carbocycles. The fourth-order valence-electron chi connectivity index (χ4n) is 4.09. The highest BCUT2D eigenvalue weighted by molar-refractivity contribution is 5.96. The predicted molar refractivity (Wildman–Crippen MR) is 147 cm³/mol. The smallest absolute Gasteiger partial charge is 0.251 e. The summed E-state index contributed by atoms with van der Waals surface area (Å²) in [6, 6.07) is 13.5. The molecule has 10 heteroatoms. The molecular formula is C28H34N6O4. The minimum Gasteiger partial charge on any atom is -0.497 e. The number of benzene rings is 2. The van der Waals surface area contributed by atoms with E-state index in [1.54, 1.807) is 13.3 Å². The van der Waals surface area contributed by atoms with Crippen molar-refractivity contribution in [3.63, 3.8) is 0 Å². The van der Waals surface area contributed by atoms with E-state index >= 15 is 0 Å². The minimum atomic E-state index is -0.131. The third-order valence-corrected chi connectivity index (χ3v) is 6.05. The van der Waals surface area contributed by atoms with Crippen LogP contribution in [0, 0.1) is 0 Å². The Morgan fingerprint density at radius 2 is 1.87 bits per heavy atom. The lowest BCUT2D eigenvalue weighted by atomic mass is 10.0. The Kier molecular flexibility index (Phi) is 9.63. The zero-order chi connectivity index (χ0) is 26.7. The first kappa shape index (κ1) is 27.1. The molecule has 4 N–H and O–H groups in total. The normalized spacial score (nSPS) is 11.0. The molecule has 0 unspecified atom stereocenters. The first-order valence-corrected chi connectivity index (χ1v) is 12.7. The summed E-state index contributed by atoms with van der Waals surface area (Å²) in [6.45, 7) is 4.69. The van der Waals surface area contributed by atoms with Crippen LogP contribution >= 0.6 is 0 Å². The number of amides is 1. The molecule has 0 saturated carbocycles. The number of rotatable bonds is 14. The molecule has 1 amide bonds. The second-order valence-electron chi connectivity index (χ2n) is 8.53. The van der Waals surface area contributed by atoms with Crippen molar-refractivity contribution in [3.05, 3.63) is 72.2 Å². The maximum atomic E-state index is 12.8. The van der Waals surface area contributed by atoms with Gasteiger partial charge in [0.1, 0.15) is 5.75 Å². The topological polar surface area (TPSA) is 122 Å². The fraction of sp³-hybridized carbons (Fsp3) is 0.321. The number of hydrogen-bond donors (Lipinski definition) is 4. The van der Waals surface area contributed by atoms with Crippen molar-refractivity contribution >= 4 is 23.1 Å². The van der Waals surface area contributed by atoms with Crippen LogP contribution in [0.15, 0.2) is 61.1 Å². The molecule has 2 heterocycles. The molecule has 4 rings (SSSR count). The number of aryl methyl sites for hydroxylation is 1. The zero-order valence-electron chi connectivity index (χ0n) is 21.7. The van der Waals surface area contributed by atoms with Crippen LogP contribution in [-0.2, 0) is 11.2 Å². The molecule has 0 spiro atoms. The van der Waals surface area contributed by atoms with E-state index in [1.165, 1.54) is 0 Å². The Labute approximate surface area is 222 Å². The van der Waals surface area contributed by atoms with Gasteiger partial charge in [0.25, 0.3) is 5.91 Å². The highest BCUT2D eigenvalue weighted by Crippen LogP contribution is 2.27. The molecule has 0 radical (unpaired) electrons. The van der Waals surface area contributed by atoms with Crippen molar-refractivity contribution in [2.75, 3.05) is 51.9 Å². The molecule has 38 heavy (non-hydrogen) atoms. The maximum Gasteiger partial charge on any atom is 0.251 e. The molecule has 0 atom stereocenters. The Hall–Kier alpha value is -3.99. The summed E-state index contributed by atoms with van der Waals surface area (Å²) in [7, 11) is 1.65. The molecule has 0 bridgehead atoms. The van der Waals surface area contributed by atoms with E-state index in [0.717, 1.165) is 28.3 Å². The van der Waals surface area contributed by atoms with Gasteiger partial charge in [-0.2, -0.15) is 0 Å². The van der Waals surface area contributed by atoms with Crippen LogP contribution in [-0.4, -0.2) is 71.9 Å². The highest BCUT2D eigenvalue weighted by atomic mass is 16.5. The summed E-state index contributed by atoms with van der Waals surface area (Å²) in [5.41, 5.74) is 5.05. The van der Waals surface area contributed by atoms with Crippen molar-refractivity contribution in [3.8, 4) is 17.0 Å². The lowest BCUT2D eigenvalue weighted by molar-refractivity contribution is 0.0915. The van der Waals surface area contributed by atoms with Crippen LogP contribution < -0.4 is 20.7 Å². The zero-order valence-corrected chi connectivity index (χ0v) is 21.7. The molecule has 10 nitrogen and oxygen atoms in total. The van der Waals surface area contributed by atoms with E-state index in [2.05, 4.69) is 25.9 Å². The number of carbonyl (C=O) groups excluding carboxylic acids is 1. The Bertz CT molecular complexity index is 1340. The van der Waals surface area contributed by atoms with Gasteiger partial charge in [-0.15, -0.1) is 0 Å². The van der Waals surface area contributed by atoms with Crippen molar-refractivity contribution in [1.29, 1.82) is 0 Å². The number of aromatic nitrogens is 3. The third-order valence-electron chi connectivity index (χ3n) is 6.05. The average Bonchev–Trinajstić information content (AvgIpc) is 3.39. The number of ether oxygens (including phenoxy) is 2. The van der Waals surface area contributed by atoms with E-state index in [9.17, 15) is 4.79 Å². The molecule has 2 aromatic heterocycles. The van der Waals surface area contributed by atoms with E-state index in [-0.39, 0.29) is 12.5 Å². The van der Waals surface area contributed by atoms with Gasteiger partial charge < -0.3 is 30.5 Å².